The first kappa shape index (κ1) is 39.9. The van der Waals surface area contributed by atoms with Crippen molar-refractivity contribution in [1.29, 1.82) is 0 Å². The van der Waals surface area contributed by atoms with Crippen molar-refractivity contribution in [3.8, 4) is 0 Å². The Morgan fingerprint density at radius 1 is 0.569 bits per heavy atom. The van der Waals surface area contributed by atoms with Crippen LogP contribution in [0.1, 0.15) is 96.9 Å². The quantitative estimate of drug-likeness (QED) is 0.165. The minimum atomic E-state index is -4.42. The van der Waals surface area contributed by atoms with E-state index in [1.165, 1.54) is 10.6 Å². The van der Waals surface area contributed by atoms with E-state index < -0.39 is 29.6 Å². The van der Waals surface area contributed by atoms with Crippen LogP contribution in [-0.2, 0) is 0 Å². The van der Waals surface area contributed by atoms with Crippen LogP contribution in [0.25, 0.3) is 0 Å². The molecule has 0 bridgehead atoms. The van der Waals surface area contributed by atoms with Gasteiger partial charge in [-0.15, -0.1) is 0 Å². The molecule has 2 aromatic carbocycles. The Kier molecular flexibility index (Phi) is 9.87. The molecule has 3 fully saturated rings. The second-order valence-corrected chi connectivity index (χ2v) is 34.9. The summed E-state index contributed by atoms with van der Waals surface area (Å²) in [6, 6.07) is 24.5. The molecule has 0 N–H and O–H groups in total. The molecule has 0 unspecified atom stereocenters. The summed E-state index contributed by atoms with van der Waals surface area (Å²) in [5, 5.41) is 6.17. The molecule has 6 rings (SSSR count). The first-order valence-corrected chi connectivity index (χ1v) is 28.0. The number of hydrogen-bond donors (Lipinski definition) is 0. The molecule has 0 amide bonds. The topological polar surface area (TPSA) is 19.2 Å². The molecule has 51 heavy (non-hydrogen) atoms. The van der Waals surface area contributed by atoms with Crippen LogP contribution in [0.5, 0.6) is 0 Å². The van der Waals surface area contributed by atoms with Gasteiger partial charge in [-0.3, -0.25) is 0 Å². The van der Waals surface area contributed by atoms with Gasteiger partial charge in [0.1, 0.15) is 0 Å². The van der Waals surface area contributed by atoms with Crippen molar-refractivity contribution in [3.05, 3.63) is 60.7 Å². The van der Waals surface area contributed by atoms with E-state index in [1.807, 2.05) is 13.1 Å². The fraction of sp³-hybridized carbons (Fsp3) is 0.650. The molecular weight excluding hydrogens is 704 g/mol. The molecule has 6 nitrogen and oxygen atoms in total. The first-order chi connectivity index (χ1) is 23.5. The van der Waals surface area contributed by atoms with E-state index in [2.05, 4.69) is 185 Å². The van der Waals surface area contributed by atoms with Crippen molar-refractivity contribution in [2.24, 2.45) is 0 Å². The van der Waals surface area contributed by atoms with Gasteiger partial charge < -0.3 is 0 Å². The number of benzene rings is 2. The van der Waals surface area contributed by atoms with E-state index >= 15 is 4.11 Å². The van der Waals surface area contributed by atoms with Gasteiger partial charge in [0.25, 0.3) is 0 Å². The molecule has 0 radical (unpaired) electrons. The average Bonchev–Trinajstić information content (AvgIpc) is 3.32. The molecule has 0 aromatic heterocycles. The Balaban J connectivity index is 2.11. The predicted molar refractivity (Wildman–Crippen MR) is 230 cm³/mol. The van der Waals surface area contributed by atoms with Gasteiger partial charge in [-0.25, -0.2) is 0 Å². The Morgan fingerprint density at radius 3 is 1.10 bits per heavy atom. The Morgan fingerprint density at radius 2 is 0.863 bits per heavy atom. The molecule has 286 valence electrons. The number of hydrogen-bond acceptors (Lipinski definition) is 5. The third kappa shape index (κ3) is 5.35. The van der Waals surface area contributed by atoms with Gasteiger partial charge in [-0.2, -0.15) is 0 Å². The van der Waals surface area contributed by atoms with Crippen LogP contribution >= 0.6 is 21.6 Å². The van der Waals surface area contributed by atoms with Crippen molar-refractivity contribution in [2.75, 3.05) is 26.2 Å². The Labute approximate surface area is 312 Å². The molecular formula is C40H70FN6P3Si. The normalized spacial score (nSPS) is 26.1. The van der Waals surface area contributed by atoms with Crippen LogP contribution in [0.15, 0.2) is 60.7 Å². The van der Waals surface area contributed by atoms with Gasteiger partial charge in [0.05, 0.1) is 0 Å². The van der Waals surface area contributed by atoms with Crippen LogP contribution in [-0.4, -0.2) is 107 Å². The van der Waals surface area contributed by atoms with Gasteiger partial charge in [-0.1, -0.05) is 0 Å². The van der Waals surface area contributed by atoms with Crippen LogP contribution < -0.4 is 10.6 Å². The second kappa shape index (κ2) is 12.6. The van der Waals surface area contributed by atoms with Crippen molar-refractivity contribution in [2.45, 2.75) is 145 Å². The molecule has 0 aliphatic carbocycles. The number of rotatable bonds is 6. The monoisotopic (exact) mass is 774 g/mol. The summed E-state index contributed by atoms with van der Waals surface area (Å²) < 4.78 is 36.0. The third-order valence-electron chi connectivity index (χ3n) is 11.6. The summed E-state index contributed by atoms with van der Waals surface area (Å²) in [7, 11) is -11.8. The first-order valence-electron chi connectivity index (χ1n) is 19.6. The van der Waals surface area contributed by atoms with Gasteiger partial charge in [-0.05, 0) is 0 Å². The van der Waals surface area contributed by atoms with Gasteiger partial charge >= 0.3 is 313 Å². The molecule has 4 aliphatic rings. The van der Waals surface area contributed by atoms with E-state index in [9.17, 15) is 0 Å². The van der Waals surface area contributed by atoms with Crippen molar-refractivity contribution >= 4 is 50.3 Å². The van der Waals surface area contributed by atoms with E-state index in [4.69, 9.17) is 0 Å². The summed E-state index contributed by atoms with van der Waals surface area (Å²) in [4.78, 5) is 0. The van der Waals surface area contributed by atoms with Crippen LogP contribution in [0.4, 0.5) is 4.11 Å². The zero-order valence-electron chi connectivity index (χ0n) is 34.8. The molecule has 4 aliphatic heterocycles. The van der Waals surface area contributed by atoms with Crippen LogP contribution in [0.3, 0.4) is 0 Å². The van der Waals surface area contributed by atoms with E-state index in [0.717, 1.165) is 26.2 Å². The van der Waals surface area contributed by atoms with E-state index in [1.54, 1.807) is 10.1 Å². The number of halogens is 1. The summed E-state index contributed by atoms with van der Waals surface area (Å²) in [5.41, 5.74) is -0.738. The average molecular weight is 775 g/mol. The summed E-state index contributed by atoms with van der Waals surface area (Å²) >= 11 is 0. The molecule has 0 atom stereocenters. The summed E-state index contributed by atoms with van der Waals surface area (Å²) in [6.45, 7) is 41.3. The molecule has 1 spiro atoms. The summed E-state index contributed by atoms with van der Waals surface area (Å²) in [6.07, 6.45) is 0. The fourth-order valence-corrected chi connectivity index (χ4v) is 46.3. The summed E-state index contributed by atoms with van der Waals surface area (Å²) in [5.74, 6) is 0. The maximum atomic E-state index is 19.1. The molecule has 3 saturated heterocycles. The van der Waals surface area contributed by atoms with Gasteiger partial charge in [0, 0.05) is 0 Å². The van der Waals surface area contributed by atoms with Crippen LogP contribution in [0.2, 0.25) is 13.1 Å². The second-order valence-electron chi connectivity index (χ2n) is 19.2. The van der Waals surface area contributed by atoms with E-state index in [-0.39, 0.29) is 11.1 Å². The molecule has 4 heterocycles. The van der Waals surface area contributed by atoms with Crippen LogP contribution in [0, 0.1) is 0 Å². The minimum absolute atomic E-state index is 0.340. The molecule has 0 saturated carbocycles. The molecule has 11 heteroatoms. The van der Waals surface area contributed by atoms with Crippen molar-refractivity contribution in [3.63, 3.8) is 0 Å². The van der Waals surface area contributed by atoms with Gasteiger partial charge in [0.15, 0.2) is 0 Å². The van der Waals surface area contributed by atoms with Gasteiger partial charge in [0.2, 0.25) is 0 Å². The fourth-order valence-electron chi connectivity index (χ4n) is 11.2. The zero-order valence-corrected chi connectivity index (χ0v) is 38.5. The Bertz CT molecular complexity index is 1710. The SMILES string of the molecule is CC(C)N1CCN(C(C)C)P1(=C1C(=P2(c3ccccc3)N(C(C)C)CCN2C(C)C)P12=[N+](C(C)(C)C)[Si-](C)(C)(F)N2C(C)(C)C)c1ccccc1. The maximum absolute atomic E-state index is 19.1. The predicted octanol–water partition coefficient (Wildman–Crippen LogP) is 9.64. The van der Waals surface area contributed by atoms with Crippen molar-refractivity contribution in [1.82, 2.24) is 23.0 Å². The van der Waals surface area contributed by atoms with E-state index in [0.29, 0.717) is 24.2 Å². The third-order valence-corrected chi connectivity index (χ3v) is 37.4. The zero-order chi connectivity index (χ0) is 37.9. The van der Waals surface area contributed by atoms with Crippen molar-refractivity contribution < 1.29 is 8.10 Å². The molecule has 2 aromatic rings. The Hall–Kier alpha value is -0.783. The number of nitrogens with zero attached hydrogens (tertiary/aromatic N) is 6. The standard InChI is InChI=1S/C40H70FN6P3Si/c1-31(2)42-27-28-43(32(3)4)48(42,35-23-19-17-20-24-35)37-38(50(37)46(39(9,10)11)51(15,16,41)47(50)40(12,13)14)49(36-25-21-18-22-26-36)44(33(5)6)29-30-45(49)34(7)8/h17-26,31-34H,27-30H2,1-16H3.